The van der Waals surface area contributed by atoms with Crippen LogP contribution in [0.25, 0.3) is 0 Å². The van der Waals surface area contributed by atoms with E-state index < -0.39 is 5.82 Å². The van der Waals surface area contributed by atoms with Crippen LogP contribution in [0.15, 0.2) is 16.6 Å². The molecule has 1 atom stereocenters. The molecule has 1 saturated heterocycles. The highest BCUT2D eigenvalue weighted by atomic mass is 79.9. The molecule has 1 aliphatic carbocycles. The molecule has 3 rings (SSSR count). The Kier molecular flexibility index (Phi) is 7.20. The second-order valence-corrected chi connectivity index (χ2v) is 6.22. The third kappa shape index (κ3) is 4.02. The Hall–Kier alpha value is -0.0700. The van der Waals surface area contributed by atoms with Crippen LogP contribution >= 0.6 is 40.7 Å². The van der Waals surface area contributed by atoms with Gasteiger partial charge in [0.2, 0.25) is 0 Å². The Balaban J connectivity index is 0.00000110. The van der Waals surface area contributed by atoms with E-state index in [1.165, 1.54) is 12.8 Å². The third-order valence-electron chi connectivity index (χ3n) is 4.03. The first kappa shape index (κ1) is 19.0. The van der Waals surface area contributed by atoms with Gasteiger partial charge >= 0.3 is 0 Å². The number of phenols is 1. The molecule has 1 aliphatic heterocycles. The predicted molar refractivity (Wildman–Crippen MR) is 90.2 cm³/mol. The van der Waals surface area contributed by atoms with Gasteiger partial charge in [-0.25, -0.2) is 4.39 Å². The molecule has 0 radical (unpaired) electrons. The number of benzene rings is 1. The summed E-state index contributed by atoms with van der Waals surface area (Å²) in [5, 5.41) is 13.4. The van der Waals surface area contributed by atoms with E-state index in [9.17, 15) is 9.50 Å². The van der Waals surface area contributed by atoms with Crippen LogP contribution in [-0.2, 0) is 0 Å². The first-order valence-electron chi connectivity index (χ1n) is 6.80. The monoisotopic (exact) mass is 400 g/mol. The van der Waals surface area contributed by atoms with Gasteiger partial charge in [0.15, 0.2) is 11.6 Å². The average Bonchev–Trinajstić information content (AvgIpc) is 3.25. The molecule has 0 spiro atoms. The van der Waals surface area contributed by atoms with Crippen LogP contribution in [-0.4, -0.2) is 36.2 Å². The number of hydrogen-bond acceptors (Lipinski definition) is 3. The number of phenolic OH excluding ortho intramolecular Hbond substituents is 1. The van der Waals surface area contributed by atoms with Crippen LogP contribution in [0.1, 0.15) is 24.4 Å². The van der Waals surface area contributed by atoms with Crippen molar-refractivity contribution >= 4 is 40.7 Å². The van der Waals surface area contributed by atoms with Crippen molar-refractivity contribution in [1.82, 2.24) is 10.2 Å². The minimum absolute atomic E-state index is 0. The zero-order valence-electron chi connectivity index (χ0n) is 11.5. The van der Waals surface area contributed by atoms with Crippen molar-refractivity contribution in [2.75, 3.05) is 26.2 Å². The summed E-state index contributed by atoms with van der Waals surface area (Å²) >= 11 is 3.12. The SMILES string of the molecule is Cl.Cl.Oc1c([C@@H](C2CC2)N2CCNCC2)ccc(Br)c1F. The van der Waals surface area contributed by atoms with Crippen molar-refractivity contribution in [3.05, 3.63) is 28.0 Å². The van der Waals surface area contributed by atoms with Gasteiger partial charge in [-0.3, -0.25) is 4.90 Å². The Bertz CT molecular complexity index is 482. The van der Waals surface area contributed by atoms with E-state index in [4.69, 9.17) is 0 Å². The van der Waals surface area contributed by atoms with Crippen molar-refractivity contribution in [3.8, 4) is 5.75 Å². The molecule has 1 aromatic carbocycles. The lowest BCUT2D eigenvalue weighted by Crippen LogP contribution is -2.45. The fraction of sp³-hybridized carbons (Fsp3) is 0.571. The fourth-order valence-corrected chi connectivity index (χ4v) is 3.23. The van der Waals surface area contributed by atoms with Crippen LogP contribution in [0.4, 0.5) is 4.39 Å². The van der Waals surface area contributed by atoms with E-state index in [-0.39, 0.29) is 36.6 Å². The molecule has 0 unspecified atom stereocenters. The van der Waals surface area contributed by atoms with Crippen molar-refractivity contribution in [3.63, 3.8) is 0 Å². The maximum Gasteiger partial charge on any atom is 0.179 e. The second-order valence-electron chi connectivity index (χ2n) is 5.37. The topological polar surface area (TPSA) is 35.5 Å². The summed E-state index contributed by atoms with van der Waals surface area (Å²) in [4.78, 5) is 2.37. The summed E-state index contributed by atoms with van der Waals surface area (Å²) in [6, 6.07) is 3.71. The molecule has 7 heteroatoms. The minimum Gasteiger partial charge on any atom is -0.505 e. The van der Waals surface area contributed by atoms with Gasteiger partial charge in [-0.1, -0.05) is 6.07 Å². The van der Waals surface area contributed by atoms with Gasteiger partial charge in [-0.15, -0.1) is 24.8 Å². The summed E-state index contributed by atoms with van der Waals surface area (Å²) in [7, 11) is 0. The summed E-state index contributed by atoms with van der Waals surface area (Å²) in [5.74, 6) is -0.173. The van der Waals surface area contributed by atoms with Crippen molar-refractivity contribution in [2.45, 2.75) is 18.9 Å². The molecule has 0 amide bonds. The maximum absolute atomic E-state index is 13.9. The van der Waals surface area contributed by atoms with E-state index in [1.54, 1.807) is 6.07 Å². The highest BCUT2D eigenvalue weighted by molar-refractivity contribution is 9.10. The molecule has 1 aromatic rings. The number of piperazine rings is 1. The lowest BCUT2D eigenvalue weighted by molar-refractivity contribution is 0.153. The van der Waals surface area contributed by atoms with Crippen LogP contribution in [0.3, 0.4) is 0 Å². The molecule has 1 heterocycles. The Morgan fingerprint density at radius 2 is 1.86 bits per heavy atom. The van der Waals surface area contributed by atoms with Gasteiger partial charge in [0.25, 0.3) is 0 Å². The van der Waals surface area contributed by atoms with Gasteiger partial charge < -0.3 is 10.4 Å². The molecule has 2 N–H and O–H groups in total. The van der Waals surface area contributed by atoms with Gasteiger partial charge in [-0.05, 0) is 40.8 Å². The smallest absolute Gasteiger partial charge is 0.179 e. The normalized spacial score (nSPS) is 20.3. The zero-order chi connectivity index (χ0) is 13.4. The van der Waals surface area contributed by atoms with E-state index >= 15 is 0 Å². The van der Waals surface area contributed by atoms with E-state index in [0.29, 0.717) is 10.4 Å². The van der Waals surface area contributed by atoms with E-state index in [0.717, 1.165) is 31.7 Å². The second kappa shape index (κ2) is 7.97. The molecule has 3 nitrogen and oxygen atoms in total. The summed E-state index contributed by atoms with van der Waals surface area (Å²) < 4.78 is 14.2. The lowest BCUT2D eigenvalue weighted by Gasteiger charge is -2.35. The summed E-state index contributed by atoms with van der Waals surface area (Å²) in [6.07, 6.45) is 2.34. The standard InChI is InChI=1S/C14H18BrFN2O.2ClH/c15-11-4-3-10(14(19)12(11)16)13(9-1-2-9)18-7-5-17-6-8-18;;/h3-4,9,13,17,19H,1-2,5-8H2;2*1H/t13-;;/m1../s1. The van der Waals surface area contributed by atoms with Gasteiger partial charge in [-0.2, -0.15) is 0 Å². The molecule has 0 aromatic heterocycles. The van der Waals surface area contributed by atoms with Crippen LogP contribution in [0.5, 0.6) is 5.75 Å². The Labute approximate surface area is 145 Å². The summed E-state index contributed by atoms with van der Waals surface area (Å²) in [6.45, 7) is 3.84. The molecule has 2 fully saturated rings. The number of nitrogens with zero attached hydrogens (tertiary/aromatic N) is 1. The highest BCUT2D eigenvalue weighted by Crippen LogP contribution is 2.47. The maximum atomic E-state index is 13.9. The number of halogens is 4. The predicted octanol–water partition coefficient (Wildman–Crippen LogP) is 3.49. The van der Waals surface area contributed by atoms with Crippen LogP contribution in [0.2, 0.25) is 0 Å². The highest BCUT2D eigenvalue weighted by Gasteiger charge is 2.38. The van der Waals surface area contributed by atoms with E-state index in [1.807, 2.05) is 6.07 Å². The molecular weight excluding hydrogens is 382 g/mol. The lowest BCUT2D eigenvalue weighted by atomic mass is 9.98. The molecule has 2 aliphatic rings. The Morgan fingerprint density at radius 3 is 2.43 bits per heavy atom. The number of hydrogen-bond donors (Lipinski definition) is 2. The molecule has 120 valence electrons. The van der Waals surface area contributed by atoms with E-state index in [2.05, 4.69) is 26.1 Å². The third-order valence-corrected chi connectivity index (χ3v) is 4.64. The largest absolute Gasteiger partial charge is 0.505 e. The average molecular weight is 402 g/mol. The first-order chi connectivity index (χ1) is 9.18. The minimum atomic E-state index is -0.543. The van der Waals surface area contributed by atoms with Gasteiger partial charge in [0.05, 0.1) is 4.47 Å². The fourth-order valence-electron chi connectivity index (χ4n) is 2.91. The quantitative estimate of drug-likeness (QED) is 0.813. The van der Waals surface area contributed by atoms with Crippen LogP contribution in [0, 0.1) is 11.7 Å². The molecular formula is C14H20BrCl2FN2O. The summed E-state index contributed by atoms with van der Waals surface area (Å²) in [5.41, 5.74) is 0.741. The molecule has 0 bridgehead atoms. The van der Waals surface area contributed by atoms with Crippen molar-refractivity contribution in [2.24, 2.45) is 5.92 Å². The Morgan fingerprint density at radius 1 is 1.24 bits per heavy atom. The van der Waals surface area contributed by atoms with Gasteiger partial charge in [0, 0.05) is 37.8 Å². The van der Waals surface area contributed by atoms with Gasteiger partial charge in [0.1, 0.15) is 0 Å². The molecule has 21 heavy (non-hydrogen) atoms. The zero-order valence-corrected chi connectivity index (χ0v) is 14.7. The number of aromatic hydroxyl groups is 1. The molecule has 1 saturated carbocycles. The number of rotatable bonds is 3. The van der Waals surface area contributed by atoms with Crippen LogP contribution < -0.4 is 5.32 Å². The van der Waals surface area contributed by atoms with Crippen molar-refractivity contribution in [1.29, 1.82) is 0 Å². The van der Waals surface area contributed by atoms with Crippen molar-refractivity contribution < 1.29 is 9.50 Å². The first-order valence-corrected chi connectivity index (χ1v) is 7.59. The number of nitrogens with one attached hydrogen (secondary N) is 1.